The van der Waals surface area contributed by atoms with E-state index in [9.17, 15) is 0 Å². The summed E-state index contributed by atoms with van der Waals surface area (Å²) in [6.45, 7) is 7.43. The molecule has 142 valence electrons. The second kappa shape index (κ2) is 7.00. The summed E-state index contributed by atoms with van der Waals surface area (Å²) in [7, 11) is 2.18. The van der Waals surface area contributed by atoms with Gasteiger partial charge in [-0.15, -0.1) is 0 Å². The monoisotopic (exact) mass is 420 g/mol. The number of fused-ring (bicyclic) bond motifs is 3. The summed E-state index contributed by atoms with van der Waals surface area (Å²) in [4.78, 5) is 2.37. The molecule has 0 unspecified atom stereocenters. The first-order valence-corrected chi connectivity index (χ1v) is 10.3. The van der Waals surface area contributed by atoms with Gasteiger partial charge in [-0.1, -0.05) is 54.7 Å². The van der Waals surface area contributed by atoms with E-state index in [1.54, 1.807) is 0 Å². The van der Waals surface area contributed by atoms with Gasteiger partial charge < -0.3 is 9.47 Å². The molecule has 27 heavy (non-hydrogen) atoms. The van der Waals surface area contributed by atoms with E-state index in [1.807, 2.05) is 18.2 Å². The van der Waals surface area contributed by atoms with Gasteiger partial charge in [0, 0.05) is 53.1 Å². The Morgan fingerprint density at radius 1 is 1.00 bits per heavy atom. The van der Waals surface area contributed by atoms with Gasteiger partial charge >= 0.3 is 0 Å². The van der Waals surface area contributed by atoms with Crippen LogP contribution in [0.15, 0.2) is 36.4 Å². The molecule has 1 aliphatic heterocycles. The zero-order valence-electron chi connectivity index (χ0n) is 15.8. The Bertz CT molecular complexity index is 1020. The fourth-order valence-electron chi connectivity index (χ4n) is 4.14. The van der Waals surface area contributed by atoms with E-state index in [-0.39, 0.29) is 5.41 Å². The molecule has 0 bridgehead atoms. The van der Waals surface area contributed by atoms with E-state index in [1.165, 1.54) is 27.7 Å². The van der Waals surface area contributed by atoms with Crippen LogP contribution in [0.2, 0.25) is 15.1 Å². The normalized spacial score (nSPS) is 15.3. The van der Waals surface area contributed by atoms with Gasteiger partial charge in [-0.3, -0.25) is 0 Å². The molecule has 0 saturated heterocycles. The Labute approximate surface area is 175 Å². The number of halogens is 3. The average molecular weight is 422 g/mol. The number of nitrogens with zero attached hydrogens (tertiary/aromatic N) is 2. The second-order valence-electron chi connectivity index (χ2n) is 8.17. The standard InChI is InChI=1S/C22H23Cl3N2/c1-22(2,14-4-6-18(24)19(25)10-14)13-27-20-7-5-15(23)11-16(20)17-12-26(3)9-8-21(17)27/h4-7,10-11H,8-9,12-13H2,1-3H3. The molecular formula is C22H23Cl3N2. The second-order valence-corrected chi connectivity index (χ2v) is 9.42. The average Bonchev–Trinajstić information content (AvgIpc) is 2.89. The quantitative estimate of drug-likeness (QED) is 0.464. The maximum Gasteiger partial charge on any atom is 0.0595 e. The van der Waals surface area contributed by atoms with Crippen molar-refractivity contribution in [2.45, 2.75) is 38.8 Å². The molecule has 0 aliphatic carbocycles. The first kappa shape index (κ1) is 19.1. The molecule has 5 heteroatoms. The Morgan fingerprint density at radius 3 is 2.52 bits per heavy atom. The maximum atomic E-state index is 6.32. The summed E-state index contributed by atoms with van der Waals surface area (Å²) in [5, 5.41) is 3.26. The largest absolute Gasteiger partial charge is 0.343 e. The Kier molecular flexibility index (Phi) is 4.97. The van der Waals surface area contributed by atoms with Gasteiger partial charge in [0.2, 0.25) is 0 Å². The third kappa shape index (κ3) is 3.49. The predicted molar refractivity (Wildman–Crippen MR) is 116 cm³/mol. The number of hydrogen-bond acceptors (Lipinski definition) is 1. The molecule has 2 aromatic carbocycles. The highest BCUT2D eigenvalue weighted by Gasteiger charge is 2.28. The van der Waals surface area contributed by atoms with Crippen molar-refractivity contribution in [3.05, 3.63) is 68.3 Å². The van der Waals surface area contributed by atoms with Crippen LogP contribution in [0.1, 0.15) is 30.7 Å². The minimum atomic E-state index is -0.0864. The highest BCUT2D eigenvalue weighted by Crippen LogP contribution is 2.37. The van der Waals surface area contributed by atoms with Gasteiger partial charge in [0.15, 0.2) is 0 Å². The molecule has 1 aliphatic rings. The predicted octanol–water partition coefficient (Wildman–Crippen LogP) is 6.57. The molecule has 0 fully saturated rings. The van der Waals surface area contributed by atoms with Crippen molar-refractivity contribution in [3.63, 3.8) is 0 Å². The van der Waals surface area contributed by atoms with Gasteiger partial charge in [0.05, 0.1) is 10.0 Å². The molecule has 0 atom stereocenters. The van der Waals surface area contributed by atoms with Crippen molar-refractivity contribution in [2.75, 3.05) is 13.6 Å². The van der Waals surface area contributed by atoms with E-state index < -0.39 is 0 Å². The fraction of sp³-hybridized carbons (Fsp3) is 0.364. The van der Waals surface area contributed by atoms with Crippen LogP contribution in [0, 0.1) is 0 Å². The van der Waals surface area contributed by atoms with Crippen LogP contribution in [0.3, 0.4) is 0 Å². The zero-order chi connectivity index (χ0) is 19.3. The highest BCUT2D eigenvalue weighted by atomic mass is 35.5. The van der Waals surface area contributed by atoms with Crippen molar-refractivity contribution in [3.8, 4) is 0 Å². The first-order chi connectivity index (χ1) is 12.8. The topological polar surface area (TPSA) is 8.17 Å². The summed E-state index contributed by atoms with van der Waals surface area (Å²) in [5.41, 5.74) is 5.20. The first-order valence-electron chi connectivity index (χ1n) is 9.20. The lowest BCUT2D eigenvalue weighted by atomic mass is 9.84. The van der Waals surface area contributed by atoms with Gasteiger partial charge in [0.1, 0.15) is 0 Å². The lowest BCUT2D eigenvalue weighted by Crippen LogP contribution is -2.30. The van der Waals surface area contributed by atoms with Crippen LogP contribution >= 0.6 is 34.8 Å². The van der Waals surface area contributed by atoms with E-state index in [2.05, 4.69) is 48.6 Å². The van der Waals surface area contributed by atoms with Crippen LogP contribution in [0.25, 0.3) is 10.9 Å². The lowest BCUT2D eigenvalue weighted by molar-refractivity contribution is 0.306. The summed E-state index contributed by atoms with van der Waals surface area (Å²) < 4.78 is 2.48. The Hall–Kier alpha value is -1.19. The molecule has 4 rings (SSSR count). The molecule has 0 radical (unpaired) electrons. The van der Waals surface area contributed by atoms with Crippen molar-refractivity contribution in [1.82, 2.24) is 9.47 Å². The molecule has 3 aromatic rings. The summed E-state index contributed by atoms with van der Waals surface area (Å²) in [6.07, 6.45) is 1.05. The Morgan fingerprint density at radius 2 is 1.78 bits per heavy atom. The number of benzene rings is 2. The smallest absolute Gasteiger partial charge is 0.0595 e. The van der Waals surface area contributed by atoms with Gasteiger partial charge in [-0.25, -0.2) is 0 Å². The summed E-state index contributed by atoms with van der Waals surface area (Å²) in [5.74, 6) is 0. The number of aromatic nitrogens is 1. The molecule has 2 nitrogen and oxygen atoms in total. The summed E-state index contributed by atoms with van der Waals surface area (Å²) >= 11 is 18.7. The zero-order valence-corrected chi connectivity index (χ0v) is 18.1. The molecule has 0 spiro atoms. The van der Waals surface area contributed by atoms with Crippen molar-refractivity contribution < 1.29 is 0 Å². The van der Waals surface area contributed by atoms with Gasteiger partial charge in [-0.2, -0.15) is 0 Å². The van der Waals surface area contributed by atoms with Crippen LogP contribution < -0.4 is 0 Å². The minimum Gasteiger partial charge on any atom is -0.343 e. The van der Waals surface area contributed by atoms with Crippen LogP contribution in [-0.2, 0) is 24.9 Å². The third-order valence-corrected chi connectivity index (χ3v) is 6.64. The van der Waals surface area contributed by atoms with Crippen LogP contribution in [-0.4, -0.2) is 23.1 Å². The van der Waals surface area contributed by atoms with Crippen molar-refractivity contribution in [2.24, 2.45) is 0 Å². The van der Waals surface area contributed by atoms with E-state index in [0.29, 0.717) is 10.0 Å². The van der Waals surface area contributed by atoms with E-state index in [0.717, 1.165) is 31.1 Å². The number of hydrogen-bond donors (Lipinski definition) is 0. The van der Waals surface area contributed by atoms with Crippen molar-refractivity contribution in [1.29, 1.82) is 0 Å². The summed E-state index contributed by atoms with van der Waals surface area (Å²) in [6, 6.07) is 12.2. The molecule has 1 aromatic heterocycles. The van der Waals surface area contributed by atoms with Crippen LogP contribution in [0.4, 0.5) is 0 Å². The highest BCUT2D eigenvalue weighted by molar-refractivity contribution is 6.42. The number of likely N-dealkylation sites (N-methyl/N-ethyl adjacent to an activating group) is 1. The SMILES string of the molecule is CN1CCc2c(c3cc(Cl)ccc3n2CC(C)(C)c2ccc(Cl)c(Cl)c2)C1. The van der Waals surface area contributed by atoms with E-state index in [4.69, 9.17) is 34.8 Å². The minimum absolute atomic E-state index is 0.0864. The molecule has 2 heterocycles. The third-order valence-electron chi connectivity index (χ3n) is 5.66. The van der Waals surface area contributed by atoms with E-state index >= 15 is 0 Å². The molecule has 0 amide bonds. The molecule has 0 saturated carbocycles. The molecule has 0 N–H and O–H groups in total. The fourth-order valence-corrected chi connectivity index (χ4v) is 4.61. The van der Waals surface area contributed by atoms with Crippen LogP contribution in [0.5, 0.6) is 0 Å². The number of rotatable bonds is 3. The Balaban J connectivity index is 1.83. The molecular weight excluding hydrogens is 399 g/mol. The maximum absolute atomic E-state index is 6.32. The van der Waals surface area contributed by atoms with Crippen molar-refractivity contribution >= 4 is 45.7 Å². The van der Waals surface area contributed by atoms with Gasteiger partial charge in [0.25, 0.3) is 0 Å². The van der Waals surface area contributed by atoms with Gasteiger partial charge in [-0.05, 0) is 48.5 Å². The lowest BCUT2D eigenvalue weighted by Gasteiger charge is -2.30.